The molecule has 0 aliphatic rings. The summed E-state index contributed by atoms with van der Waals surface area (Å²) < 4.78 is 0. The Bertz CT molecular complexity index is 369. The number of carboxylic acids is 1. The third-order valence-corrected chi connectivity index (χ3v) is 3.38. The van der Waals surface area contributed by atoms with Crippen LogP contribution in [0.2, 0.25) is 0 Å². The van der Waals surface area contributed by atoms with Crippen molar-refractivity contribution in [2.24, 2.45) is 0 Å². The van der Waals surface area contributed by atoms with Crippen molar-refractivity contribution in [1.82, 2.24) is 0 Å². The second-order valence-corrected chi connectivity index (χ2v) is 5.58. The van der Waals surface area contributed by atoms with E-state index >= 15 is 0 Å². The molecule has 0 aromatic carbocycles. The summed E-state index contributed by atoms with van der Waals surface area (Å²) in [6.45, 7) is 2.23. The largest absolute Gasteiger partial charge is 0.481 e. The van der Waals surface area contributed by atoms with Crippen molar-refractivity contribution < 1.29 is 9.90 Å². The summed E-state index contributed by atoms with van der Waals surface area (Å²) in [4.78, 5) is 10.3. The van der Waals surface area contributed by atoms with Gasteiger partial charge in [-0.15, -0.1) is 0 Å². The SMILES string of the molecule is CCCCCCC#CC=CCCCCC=CCCCC(=O)O. The molecule has 124 valence electrons. The Morgan fingerprint density at radius 3 is 2.27 bits per heavy atom. The maximum Gasteiger partial charge on any atom is 0.303 e. The third kappa shape index (κ3) is 18.5. The van der Waals surface area contributed by atoms with Gasteiger partial charge in [-0.3, -0.25) is 4.79 Å². The standard InChI is InChI=1S/C20H32O2/c1-2-3-4-5-6-7-8-9-10-11-12-13-14-15-16-17-18-19-20(21)22/h9-10,15-16H,2-6,11-14,17-19H2,1H3,(H,21,22). The summed E-state index contributed by atoms with van der Waals surface area (Å²) in [5, 5.41) is 8.50. The van der Waals surface area contributed by atoms with Crippen molar-refractivity contribution >= 4 is 5.97 Å². The first-order valence-electron chi connectivity index (χ1n) is 8.77. The van der Waals surface area contributed by atoms with E-state index in [0.29, 0.717) is 0 Å². The van der Waals surface area contributed by atoms with E-state index in [4.69, 9.17) is 5.11 Å². The Morgan fingerprint density at radius 2 is 1.59 bits per heavy atom. The summed E-state index contributed by atoms with van der Waals surface area (Å²) >= 11 is 0. The predicted molar refractivity (Wildman–Crippen MR) is 94.8 cm³/mol. The molecule has 0 amide bonds. The Morgan fingerprint density at radius 1 is 0.909 bits per heavy atom. The molecule has 0 aromatic rings. The number of aliphatic carboxylic acids is 1. The minimum absolute atomic E-state index is 0.273. The quantitative estimate of drug-likeness (QED) is 0.262. The van der Waals surface area contributed by atoms with Gasteiger partial charge >= 0.3 is 5.97 Å². The van der Waals surface area contributed by atoms with Crippen molar-refractivity contribution in [1.29, 1.82) is 0 Å². The fourth-order valence-corrected chi connectivity index (χ4v) is 2.04. The Labute approximate surface area is 136 Å². The van der Waals surface area contributed by atoms with Gasteiger partial charge in [-0.05, 0) is 51.0 Å². The van der Waals surface area contributed by atoms with E-state index in [1.54, 1.807) is 0 Å². The highest BCUT2D eigenvalue weighted by Gasteiger charge is 1.93. The van der Waals surface area contributed by atoms with Crippen LogP contribution in [-0.4, -0.2) is 11.1 Å². The van der Waals surface area contributed by atoms with Crippen LogP contribution in [0.4, 0.5) is 0 Å². The average Bonchev–Trinajstić information content (AvgIpc) is 2.50. The van der Waals surface area contributed by atoms with Gasteiger partial charge in [-0.2, -0.15) is 0 Å². The monoisotopic (exact) mass is 304 g/mol. The zero-order chi connectivity index (χ0) is 16.3. The fraction of sp³-hybridized carbons (Fsp3) is 0.650. The zero-order valence-corrected chi connectivity index (χ0v) is 14.2. The minimum atomic E-state index is -0.704. The number of hydrogen-bond acceptors (Lipinski definition) is 1. The highest BCUT2D eigenvalue weighted by molar-refractivity contribution is 5.66. The van der Waals surface area contributed by atoms with Gasteiger partial charge in [-0.1, -0.05) is 56.3 Å². The van der Waals surface area contributed by atoms with Gasteiger partial charge in [0.05, 0.1) is 0 Å². The molecule has 0 saturated carbocycles. The van der Waals surface area contributed by atoms with Gasteiger partial charge in [0, 0.05) is 12.8 Å². The highest BCUT2D eigenvalue weighted by atomic mass is 16.4. The van der Waals surface area contributed by atoms with Crippen molar-refractivity contribution in [3.8, 4) is 11.8 Å². The summed E-state index contributed by atoms with van der Waals surface area (Å²) in [5.74, 6) is 5.59. The lowest BCUT2D eigenvalue weighted by atomic mass is 10.1. The Hall–Kier alpha value is -1.49. The van der Waals surface area contributed by atoms with Crippen LogP contribution in [0.25, 0.3) is 0 Å². The topological polar surface area (TPSA) is 37.3 Å². The van der Waals surface area contributed by atoms with E-state index in [1.165, 1.54) is 38.5 Å². The van der Waals surface area contributed by atoms with E-state index < -0.39 is 5.97 Å². The van der Waals surface area contributed by atoms with E-state index in [9.17, 15) is 4.79 Å². The minimum Gasteiger partial charge on any atom is -0.481 e. The molecule has 0 rings (SSSR count). The molecule has 0 spiro atoms. The number of carbonyl (C=O) groups is 1. The lowest BCUT2D eigenvalue weighted by Gasteiger charge is -1.93. The number of hydrogen-bond donors (Lipinski definition) is 1. The van der Waals surface area contributed by atoms with Crippen molar-refractivity contribution in [3.63, 3.8) is 0 Å². The molecule has 22 heavy (non-hydrogen) atoms. The van der Waals surface area contributed by atoms with E-state index in [1.807, 2.05) is 6.08 Å². The summed E-state index contributed by atoms with van der Waals surface area (Å²) in [6, 6.07) is 0. The molecule has 0 radical (unpaired) electrons. The van der Waals surface area contributed by atoms with Crippen LogP contribution in [0.15, 0.2) is 24.3 Å². The van der Waals surface area contributed by atoms with E-state index in [0.717, 1.165) is 32.1 Å². The molecule has 0 aliphatic heterocycles. The zero-order valence-electron chi connectivity index (χ0n) is 14.2. The van der Waals surface area contributed by atoms with Gasteiger partial charge in [0.1, 0.15) is 0 Å². The van der Waals surface area contributed by atoms with Gasteiger partial charge < -0.3 is 5.11 Å². The van der Waals surface area contributed by atoms with Crippen molar-refractivity contribution in [2.75, 3.05) is 0 Å². The highest BCUT2D eigenvalue weighted by Crippen LogP contribution is 2.04. The van der Waals surface area contributed by atoms with Crippen LogP contribution in [0.3, 0.4) is 0 Å². The van der Waals surface area contributed by atoms with Crippen LogP contribution in [-0.2, 0) is 4.79 Å². The average molecular weight is 304 g/mol. The number of carboxylic acid groups (broad SMARTS) is 1. The normalized spacial score (nSPS) is 11.0. The van der Waals surface area contributed by atoms with Gasteiger partial charge in [-0.25, -0.2) is 0 Å². The van der Waals surface area contributed by atoms with Gasteiger partial charge in [0.25, 0.3) is 0 Å². The van der Waals surface area contributed by atoms with Gasteiger partial charge in [0.15, 0.2) is 0 Å². The number of rotatable bonds is 13. The van der Waals surface area contributed by atoms with Crippen LogP contribution in [0.5, 0.6) is 0 Å². The molecule has 2 nitrogen and oxygen atoms in total. The molecule has 0 saturated heterocycles. The Kier molecular flexibility index (Phi) is 16.4. The first-order chi connectivity index (χ1) is 10.8. The summed E-state index contributed by atoms with van der Waals surface area (Å²) in [6.07, 6.45) is 21.0. The molecule has 1 N–H and O–H groups in total. The smallest absolute Gasteiger partial charge is 0.303 e. The first-order valence-corrected chi connectivity index (χ1v) is 8.77. The Balaban J connectivity index is 3.31. The molecule has 0 bridgehead atoms. The molecule has 0 aliphatic carbocycles. The predicted octanol–water partition coefficient (Wildman–Crippen LogP) is 5.89. The molecular weight excluding hydrogens is 272 g/mol. The van der Waals surface area contributed by atoms with Crippen LogP contribution >= 0.6 is 0 Å². The molecule has 0 fully saturated rings. The third-order valence-electron chi connectivity index (χ3n) is 3.38. The lowest BCUT2D eigenvalue weighted by molar-refractivity contribution is -0.137. The maximum atomic E-state index is 10.3. The van der Waals surface area contributed by atoms with Crippen molar-refractivity contribution in [2.45, 2.75) is 84.0 Å². The molecule has 0 atom stereocenters. The second kappa shape index (κ2) is 17.6. The molecule has 0 aromatic heterocycles. The first kappa shape index (κ1) is 20.5. The molecular formula is C20H32O2. The lowest BCUT2D eigenvalue weighted by Crippen LogP contribution is -1.92. The summed E-state index contributed by atoms with van der Waals surface area (Å²) in [5.41, 5.74) is 0. The second-order valence-electron chi connectivity index (χ2n) is 5.58. The van der Waals surface area contributed by atoms with Crippen LogP contribution in [0, 0.1) is 11.8 Å². The molecule has 0 unspecified atom stereocenters. The molecule has 0 heterocycles. The van der Waals surface area contributed by atoms with Crippen molar-refractivity contribution in [3.05, 3.63) is 24.3 Å². The van der Waals surface area contributed by atoms with E-state index in [-0.39, 0.29) is 6.42 Å². The number of allylic oxidation sites excluding steroid dienone is 4. The summed E-state index contributed by atoms with van der Waals surface area (Å²) in [7, 11) is 0. The number of unbranched alkanes of at least 4 members (excludes halogenated alkanes) is 8. The molecule has 2 heteroatoms. The maximum absolute atomic E-state index is 10.3. The van der Waals surface area contributed by atoms with Gasteiger partial charge in [0.2, 0.25) is 0 Å². The van der Waals surface area contributed by atoms with Crippen LogP contribution in [0.1, 0.15) is 84.0 Å². The van der Waals surface area contributed by atoms with Crippen LogP contribution < -0.4 is 0 Å². The fourth-order valence-electron chi connectivity index (χ4n) is 2.04. The van der Waals surface area contributed by atoms with E-state index in [2.05, 4.69) is 37.0 Å².